The Kier molecular flexibility index (Phi) is 6.66. The number of amides is 1. The Morgan fingerprint density at radius 2 is 1.87 bits per heavy atom. The van der Waals surface area contributed by atoms with Gasteiger partial charge in [-0.3, -0.25) is 18.7 Å². The number of carbonyl (C=O) groups is 1. The van der Waals surface area contributed by atoms with Crippen LogP contribution in [0.3, 0.4) is 0 Å². The molecule has 0 radical (unpaired) electrons. The molecule has 0 aliphatic carbocycles. The maximum Gasteiger partial charge on any atom is 0.332 e. The van der Waals surface area contributed by atoms with E-state index in [0.717, 1.165) is 17.4 Å². The lowest BCUT2D eigenvalue weighted by atomic mass is 10.3. The average molecular weight is 432 g/mol. The summed E-state index contributed by atoms with van der Waals surface area (Å²) in [5.41, 5.74) is 0.563. The van der Waals surface area contributed by atoms with Crippen molar-refractivity contribution in [3.63, 3.8) is 0 Å². The normalized spacial score (nSPS) is 11.1. The smallest absolute Gasteiger partial charge is 0.332 e. The van der Waals surface area contributed by atoms with Crippen LogP contribution < -0.4 is 21.3 Å². The number of hydrogen-bond acceptors (Lipinski definition) is 6. The van der Waals surface area contributed by atoms with Crippen LogP contribution in [0.5, 0.6) is 5.75 Å². The van der Waals surface area contributed by atoms with Gasteiger partial charge in [-0.05, 0) is 30.7 Å². The Labute approximate surface area is 177 Å². The molecule has 0 saturated carbocycles. The van der Waals surface area contributed by atoms with Crippen molar-refractivity contribution >= 4 is 34.5 Å². The molecule has 30 heavy (non-hydrogen) atoms. The molecule has 160 valence electrons. The molecule has 3 rings (SSSR count). The highest BCUT2D eigenvalue weighted by Crippen LogP contribution is 2.23. The molecule has 0 fully saturated rings. The summed E-state index contributed by atoms with van der Waals surface area (Å²) in [6.07, 6.45) is 1.79. The third-order valence-electron chi connectivity index (χ3n) is 4.75. The minimum atomic E-state index is -0.429. The van der Waals surface area contributed by atoms with Crippen LogP contribution in [0, 0.1) is 0 Å². The lowest BCUT2D eigenvalue weighted by Crippen LogP contribution is -2.37. The molecule has 0 unspecified atom stereocenters. The van der Waals surface area contributed by atoms with E-state index in [1.807, 2.05) is 4.57 Å². The summed E-state index contributed by atoms with van der Waals surface area (Å²) in [5.74, 6) is 0.635. The second kappa shape index (κ2) is 9.21. The maximum absolute atomic E-state index is 12.7. The number of thioether (sulfide) groups is 1. The van der Waals surface area contributed by atoms with Crippen molar-refractivity contribution in [3.05, 3.63) is 45.1 Å². The first-order valence-corrected chi connectivity index (χ1v) is 10.6. The number of anilines is 1. The molecule has 1 aromatic carbocycles. The zero-order chi connectivity index (χ0) is 21.8. The van der Waals surface area contributed by atoms with Gasteiger partial charge in [0, 0.05) is 26.3 Å². The number of unbranched alkanes of at least 4 members (excludes halogenated alkanes) is 1. The van der Waals surface area contributed by atoms with Gasteiger partial charge in [-0.1, -0.05) is 25.1 Å². The number of carbonyl (C=O) groups excluding carboxylic acids is 1. The van der Waals surface area contributed by atoms with Crippen LogP contribution in [0.25, 0.3) is 11.2 Å². The molecule has 1 amide bonds. The third-order valence-corrected chi connectivity index (χ3v) is 5.73. The summed E-state index contributed by atoms with van der Waals surface area (Å²) in [7, 11) is 4.63. The van der Waals surface area contributed by atoms with Crippen molar-refractivity contribution < 1.29 is 9.53 Å². The molecule has 0 spiro atoms. The van der Waals surface area contributed by atoms with Crippen molar-refractivity contribution in [3.8, 4) is 5.75 Å². The van der Waals surface area contributed by atoms with Gasteiger partial charge in [0.05, 0.1) is 12.9 Å². The molecule has 2 aromatic heterocycles. The molecule has 1 N–H and O–H groups in total. The van der Waals surface area contributed by atoms with E-state index >= 15 is 0 Å². The van der Waals surface area contributed by atoms with Gasteiger partial charge in [0.25, 0.3) is 5.56 Å². The standard InChI is InChI=1S/C20H25N5O4S/c1-5-6-11-25-16-17(23(2)20(28)24(3)18(16)27)22-19(25)30-12-15(26)21-13-7-9-14(29-4)10-8-13/h7-10H,5-6,11-12H2,1-4H3,(H,21,26). The Morgan fingerprint density at radius 3 is 2.50 bits per heavy atom. The van der Waals surface area contributed by atoms with Crippen molar-refractivity contribution in [1.82, 2.24) is 18.7 Å². The van der Waals surface area contributed by atoms with E-state index in [4.69, 9.17) is 4.74 Å². The first-order valence-electron chi connectivity index (χ1n) is 9.60. The minimum absolute atomic E-state index is 0.121. The van der Waals surface area contributed by atoms with Crippen LogP contribution in [0.2, 0.25) is 0 Å². The van der Waals surface area contributed by atoms with Crippen molar-refractivity contribution in [2.75, 3.05) is 18.2 Å². The van der Waals surface area contributed by atoms with Crippen LogP contribution in [-0.2, 0) is 25.4 Å². The topological polar surface area (TPSA) is 100 Å². The van der Waals surface area contributed by atoms with E-state index in [-0.39, 0.29) is 17.2 Å². The number of nitrogens with zero attached hydrogens (tertiary/aromatic N) is 4. The Bertz CT molecular complexity index is 1180. The molecule has 9 nitrogen and oxygen atoms in total. The van der Waals surface area contributed by atoms with Gasteiger partial charge in [-0.25, -0.2) is 9.78 Å². The first-order chi connectivity index (χ1) is 14.4. The number of aryl methyl sites for hydroxylation is 2. The maximum atomic E-state index is 12.7. The van der Waals surface area contributed by atoms with E-state index in [2.05, 4.69) is 17.2 Å². The molecule has 0 bridgehead atoms. The highest BCUT2D eigenvalue weighted by molar-refractivity contribution is 7.99. The van der Waals surface area contributed by atoms with E-state index in [1.165, 1.54) is 23.4 Å². The number of aromatic nitrogens is 4. The third kappa shape index (κ3) is 4.28. The number of benzene rings is 1. The van der Waals surface area contributed by atoms with E-state index in [0.29, 0.717) is 34.3 Å². The Balaban J connectivity index is 1.86. The van der Waals surface area contributed by atoms with Crippen LogP contribution in [-0.4, -0.2) is 37.5 Å². The van der Waals surface area contributed by atoms with E-state index in [1.54, 1.807) is 38.4 Å². The van der Waals surface area contributed by atoms with Crippen LogP contribution in [0.15, 0.2) is 39.0 Å². The van der Waals surface area contributed by atoms with Crippen LogP contribution >= 0.6 is 11.8 Å². The number of hydrogen-bond donors (Lipinski definition) is 1. The second-order valence-corrected chi connectivity index (χ2v) is 7.79. The van der Waals surface area contributed by atoms with Gasteiger partial charge in [-0.2, -0.15) is 0 Å². The molecule has 2 heterocycles. The van der Waals surface area contributed by atoms with Crippen molar-refractivity contribution in [2.24, 2.45) is 14.1 Å². The fraction of sp³-hybridized carbons (Fsp3) is 0.400. The molecular weight excluding hydrogens is 406 g/mol. The molecule has 3 aromatic rings. The molecule has 10 heteroatoms. The van der Waals surface area contributed by atoms with E-state index < -0.39 is 5.69 Å². The zero-order valence-corrected chi connectivity index (χ0v) is 18.3. The van der Waals surface area contributed by atoms with Crippen molar-refractivity contribution in [1.29, 1.82) is 0 Å². The largest absolute Gasteiger partial charge is 0.497 e. The summed E-state index contributed by atoms with van der Waals surface area (Å²) in [4.78, 5) is 41.9. The van der Waals surface area contributed by atoms with Gasteiger partial charge in [0.15, 0.2) is 16.3 Å². The monoisotopic (exact) mass is 431 g/mol. The average Bonchev–Trinajstić information content (AvgIpc) is 3.12. The molecule has 0 aliphatic heterocycles. The highest BCUT2D eigenvalue weighted by atomic mass is 32.2. The minimum Gasteiger partial charge on any atom is -0.497 e. The fourth-order valence-corrected chi connectivity index (χ4v) is 3.88. The number of nitrogens with one attached hydrogen (secondary N) is 1. The highest BCUT2D eigenvalue weighted by Gasteiger charge is 2.19. The molecule has 0 saturated heterocycles. The SMILES string of the molecule is CCCCn1c(SCC(=O)Nc2ccc(OC)cc2)nc2c1c(=O)n(C)c(=O)n2C. The number of methoxy groups -OCH3 is 1. The molecule has 0 atom stereocenters. The lowest BCUT2D eigenvalue weighted by molar-refractivity contribution is -0.113. The van der Waals surface area contributed by atoms with Gasteiger partial charge in [-0.15, -0.1) is 0 Å². The summed E-state index contributed by atoms with van der Waals surface area (Å²) >= 11 is 1.24. The van der Waals surface area contributed by atoms with Crippen LogP contribution in [0.1, 0.15) is 19.8 Å². The van der Waals surface area contributed by atoms with Crippen molar-refractivity contribution in [2.45, 2.75) is 31.5 Å². The zero-order valence-electron chi connectivity index (χ0n) is 17.5. The lowest BCUT2D eigenvalue weighted by Gasteiger charge is -2.09. The number of imidazole rings is 1. The number of fused-ring (bicyclic) bond motifs is 1. The van der Waals surface area contributed by atoms with E-state index in [9.17, 15) is 14.4 Å². The van der Waals surface area contributed by atoms with Gasteiger partial charge in [0.1, 0.15) is 5.75 Å². The fourth-order valence-electron chi connectivity index (χ4n) is 3.06. The number of rotatable bonds is 8. The first kappa shape index (κ1) is 21.7. The predicted molar refractivity (Wildman–Crippen MR) is 117 cm³/mol. The van der Waals surface area contributed by atoms with Gasteiger partial charge in [0.2, 0.25) is 5.91 Å². The Morgan fingerprint density at radius 1 is 1.17 bits per heavy atom. The summed E-state index contributed by atoms with van der Waals surface area (Å²) < 4.78 is 9.36. The van der Waals surface area contributed by atoms with Gasteiger partial charge < -0.3 is 14.6 Å². The summed E-state index contributed by atoms with van der Waals surface area (Å²) in [6.45, 7) is 2.64. The number of ether oxygens (including phenoxy) is 1. The summed E-state index contributed by atoms with van der Waals surface area (Å²) in [5, 5.41) is 3.37. The predicted octanol–water partition coefficient (Wildman–Crippen LogP) is 1.97. The summed E-state index contributed by atoms with van der Waals surface area (Å²) in [6, 6.07) is 7.06. The quantitative estimate of drug-likeness (QED) is 0.548. The Hall–Kier alpha value is -3.01. The second-order valence-electron chi connectivity index (χ2n) is 6.84. The molecular formula is C20H25N5O4S. The molecule has 0 aliphatic rings. The van der Waals surface area contributed by atoms with Crippen LogP contribution in [0.4, 0.5) is 5.69 Å². The van der Waals surface area contributed by atoms with Gasteiger partial charge >= 0.3 is 5.69 Å².